The highest BCUT2D eigenvalue weighted by Gasteiger charge is 2.34. The molecule has 0 atom stereocenters. The van der Waals surface area contributed by atoms with Gasteiger partial charge in [-0.1, -0.05) is 19.8 Å². The molecule has 0 spiro atoms. The van der Waals surface area contributed by atoms with Crippen LogP contribution in [0.2, 0.25) is 0 Å². The quantitative estimate of drug-likeness (QED) is 0.685. The van der Waals surface area contributed by atoms with Gasteiger partial charge in [0.15, 0.2) is 5.82 Å². The van der Waals surface area contributed by atoms with Crippen molar-refractivity contribution < 1.29 is 14.3 Å². The number of ether oxygens (including phenoxy) is 1. The SMILES string of the molecule is CCCNC(=O)c1ccc(Nc2ncc3c(n2)N(C2CCCC2)CC(=O)N3C)c(OC)c1. The number of benzene rings is 1. The molecular formula is C23H30N6O3. The van der Waals surface area contributed by atoms with Gasteiger partial charge in [0.2, 0.25) is 11.9 Å². The van der Waals surface area contributed by atoms with Crippen molar-refractivity contribution in [1.29, 1.82) is 0 Å². The van der Waals surface area contributed by atoms with Crippen molar-refractivity contribution in [3.05, 3.63) is 30.0 Å². The van der Waals surface area contributed by atoms with Crippen LogP contribution in [-0.2, 0) is 4.79 Å². The summed E-state index contributed by atoms with van der Waals surface area (Å²) in [7, 11) is 3.32. The number of anilines is 4. The summed E-state index contributed by atoms with van der Waals surface area (Å²) in [5.41, 5.74) is 1.90. The molecule has 9 nitrogen and oxygen atoms in total. The third-order valence-electron chi connectivity index (χ3n) is 6.07. The fourth-order valence-corrected chi connectivity index (χ4v) is 4.25. The van der Waals surface area contributed by atoms with E-state index in [0.717, 1.165) is 25.1 Å². The molecule has 1 aliphatic heterocycles. The minimum absolute atomic E-state index is 0.0484. The summed E-state index contributed by atoms with van der Waals surface area (Å²) in [6.07, 6.45) is 7.04. The molecule has 2 amide bonds. The zero-order chi connectivity index (χ0) is 22.7. The summed E-state index contributed by atoms with van der Waals surface area (Å²) >= 11 is 0. The zero-order valence-electron chi connectivity index (χ0n) is 18.9. The predicted octanol–water partition coefficient (Wildman–Crippen LogP) is 3.09. The molecular weight excluding hydrogens is 408 g/mol. The maximum atomic E-state index is 12.5. The van der Waals surface area contributed by atoms with Gasteiger partial charge in [-0.3, -0.25) is 9.59 Å². The first-order valence-electron chi connectivity index (χ1n) is 11.1. The smallest absolute Gasteiger partial charge is 0.251 e. The van der Waals surface area contributed by atoms with Crippen LogP contribution in [0.4, 0.5) is 23.1 Å². The third kappa shape index (κ3) is 4.32. The number of likely N-dealkylation sites (N-methyl/N-ethyl adjacent to an activating group) is 1. The number of nitrogens with one attached hydrogen (secondary N) is 2. The summed E-state index contributed by atoms with van der Waals surface area (Å²) in [6.45, 7) is 2.96. The standard InChI is InChI=1S/C23H30N6O3/c1-4-11-24-22(31)15-9-10-17(19(12-15)32-3)26-23-25-13-18-21(27-23)29(14-20(30)28(18)2)16-7-5-6-8-16/h9-10,12-13,16H,4-8,11,14H2,1-3H3,(H,24,31)(H,25,26,27). The topological polar surface area (TPSA) is 99.7 Å². The van der Waals surface area contributed by atoms with Gasteiger partial charge in [-0.05, 0) is 37.5 Å². The average molecular weight is 439 g/mol. The molecule has 0 bridgehead atoms. The number of methoxy groups -OCH3 is 1. The highest BCUT2D eigenvalue weighted by molar-refractivity contribution is 6.02. The molecule has 4 rings (SSSR count). The lowest BCUT2D eigenvalue weighted by Crippen LogP contribution is -2.48. The van der Waals surface area contributed by atoms with Crippen molar-refractivity contribution in [2.45, 2.75) is 45.1 Å². The van der Waals surface area contributed by atoms with Crippen LogP contribution >= 0.6 is 0 Å². The number of nitrogens with zero attached hydrogens (tertiary/aromatic N) is 4. The van der Waals surface area contributed by atoms with Crippen LogP contribution in [0.25, 0.3) is 0 Å². The highest BCUT2D eigenvalue weighted by Crippen LogP contribution is 2.37. The van der Waals surface area contributed by atoms with E-state index in [1.807, 2.05) is 6.92 Å². The van der Waals surface area contributed by atoms with E-state index >= 15 is 0 Å². The van der Waals surface area contributed by atoms with E-state index in [4.69, 9.17) is 9.72 Å². The number of carbonyl (C=O) groups is 2. The van der Waals surface area contributed by atoms with Crippen LogP contribution in [0, 0.1) is 0 Å². The second kappa shape index (κ2) is 9.42. The summed E-state index contributed by atoms with van der Waals surface area (Å²) in [6, 6.07) is 5.55. The molecule has 9 heteroatoms. The highest BCUT2D eigenvalue weighted by atomic mass is 16.5. The second-order valence-electron chi connectivity index (χ2n) is 8.22. The number of hydrogen-bond acceptors (Lipinski definition) is 7. The van der Waals surface area contributed by atoms with Crippen LogP contribution in [0.1, 0.15) is 49.4 Å². The molecule has 170 valence electrons. The fraction of sp³-hybridized carbons (Fsp3) is 0.478. The normalized spacial score (nSPS) is 16.2. The predicted molar refractivity (Wildman–Crippen MR) is 124 cm³/mol. The summed E-state index contributed by atoms with van der Waals surface area (Å²) in [5.74, 6) is 1.62. The monoisotopic (exact) mass is 438 g/mol. The molecule has 32 heavy (non-hydrogen) atoms. The molecule has 2 aromatic rings. The molecule has 2 aliphatic rings. The van der Waals surface area contributed by atoms with E-state index in [0.29, 0.717) is 47.8 Å². The van der Waals surface area contributed by atoms with Gasteiger partial charge >= 0.3 is 0 Å². The fourth-order valence-electron chi connectivity index (χ4n) is 4.25. The van der Waals surface area contributed by atoms with Crippen molar-refractivity contribution in [3.63, 3.8) is 0 Å². The van der Waals surface area contributed by atoms with Crippen LogP contribution in [0.5, 0.6) is 5.75 Å². The molecule has 1 aromatic heterocycles. The maximum absolute atomic E-state index is 12.5. The molecule has 0 saturated heterocycles. The van der Waals surface area contributed by atoms with E-state index in [1.54, 1.807) is 43.5 Å². The largest absolute Gasteiger partial charge is 0.495 e. The van der Waals surface area contributed by atoms with Gasteiger partial charge in [-0.15, -0.1) is 0 Å². The average Bonchev–Trinajstić information content (AvgIpc) is 3.34. The van der Waals surface area contributed by atoms with Gasteiger partial charge in [0, 0.05) is 25.2 Å². The van der Waals surface area contributed by atoms with Crippen LogP contribution in [-0.4, -0.2) is 55.1 Å². The van der Waals surface area contributed by atoms with Gasteiger partial charge in [0.05, 0.1) is 25.5 Å². The van der Waals surface area contributed by atoms with E-state index in [1.165, 1.54) is 12.8 Å². The molecule has 2 N–H and O–H groups in total. The van der Waals surface area contributed by atoms with E-state index in [2.05, 4.69) is 20.5 Å². The lowest BCUT2D eigenvalue weighted by Gasteiger charge is -2.37. The van der Waals surface area contributed by atoms with Gasteiger partial charge in [0.1, 0.15) is 11.4 Å². The van der Waals surface area contributed by atoms with Crippen LogP contribution in [0.3, 0.4) is 0 Å². The third-order valence-corrected chi connectivity index (χ3v) is 6.07. The van der Waals surface area contributed by atoms with Crippen molar-refractivity contribution in [2.75, 3.05) is 42.4 Å². The number of fused-ring (bicyclic) bond motifs is 1. The molecule has 2 heterocycles. The van der Waals surface area contributed by atoms with E-state index < -0.39 is 0 Å². The molecule has 1 aliphatic carbocycles. The minimum Gasteiger partial charge on any atom is -0.495 e. The molecule has 1 fully saturated rings. The maximum Gasteiger partial charge on any atom is 0.251 e. The molecule has 0 radical (unpaired) electrons. The molecule has 0 unspecified atom stereocenters. The van der Waals surface area contributed by atoms with E-state index in [-0.39, 0.29) is 11.8 Å². The van der Waals surface area contributed by atoms with Gasteiger partial charge < -0.3 is 25.2 Å². The minimum atomic E-state index is -0.137. The Kier molecular flexibility index (Phi) is 6.43. The molecule has 1 aromatic carbocycles. The number of amides is 2. The van der Waals surface area contributed by atoms with Crippen molar-refractivity contribution >= 4 is 35.0 Å². The first kappa shape index (κ1) is 21.9. The van der Waals surface area contributed by atoms with Crippen molar-refractivity contribution in [1.82, 2.24) is 15.3 Å². The lowest BCUT2D eigenvalue weighted by molar-refractivity contribution is -0.117. The first-order chi connectivity index (χ1) is 15.5. The Morgan fingerprint density at radius 3 is 2.78 bits per heavy atom. The summed E-state index contributed by atoms with van der Waals surface area (Å²) < 4.78 is 5.50. The number of carbonyl (C=O) groups excluding carboxylic acids is 2. The Bertz CT molecular complexity index is 1010. The van der Waals surface area contributed by atoms with Gasteiger partial charge in [-0.2, -0.15) is 4.98 Å². The first-order valence-corrected chi connectivity index (χ1v) is 11.1. The Morgan fingerprint density at radius 1 is 1.28 bits per heavy atom. The number of aromatic nitrogens is 2. The molecule has 1 saturated carbocycles. The Labute approximate surface area is 188 Å². The van der Waals surface area contributed by atoms with Gasteiger partial charge in [-0.25, -0.2) is 4.98 Å². The van der Waals surface area contributed by atoms with Crippen molar-refractivity contribution in [2.24, 2.45) is 0 Å². The lowest BCUT2D eigenvalue weighted by atomic mass is 10.1. The van der Waals surface area contributed by atoms with Crippen LogP contribution < -0.4 is 25.2 Å². The Hall–Kier alpha value is -3.36. The zero-order valence-corrected chi connectivity index (χ0v) is 18.9. The number of rotatable bonds is 7. The second-order valence-corrected chi connectivity index (χ2v) is 8.22. The summed E-state index contributed by atoms with van der Waals surface area (Å²) in [5, 5.41) is 6.08. The number of hydrogen-bond donors (Lipinski definition) is 2. The Balaban J connectivity index is 1.61. The van der Waals surface area contributed by atoms with Crippen molar-refractivity contribution in [3.8, 4) is 5.75 Å². The Morgan fingerprint density at radius 2 is 2.06 bits per heavy atom. The van der Waals surface area contributed by atoms with E-state index in [9.17, 15) is 9.59 Å². The van der Waals surface area contributed by atoms with Crippen LogP contribution in [0.15, 0.2) is 24.4 Å². The van der Waals surface area contributed by atoms with Gasteiger partial charge in [0.25, 0.3) is 5.91 Å². The summed E-state index contributed by atoms with van der Waals surface area (Å²) in [4.78, 5) is 37.7.